The van der Waals surface area contributed by atoms with Crippen LogP contribution in [-0.4, -0.2) is 35.5 Å². The van der Waals surface area contributed by atoms with E-state index >= 15 is 0 Å². The number of rotatable bonds is 3. The lowest BCUT2D eigenvalue weighted by Gasteiger charge is -2.37. The second-order valence-electron chi connectivity index (χ2n) is 4.37. The summed E-state index contributed by atoms with van der Waals surface area (Å²) in [7, 11) is 0. The minimum atomic E-state index is -1.73. The average molecular weight is 280 g/mol. The van der Waals surface area contributed by atoms with Crippen LogP contribution in [0, 0.1) is 23.5 Å². The van der Waals surface area contributed by atoms with Crippen molar-refractivity contribution in [2.45, 2.75) is 18.4 Å². The number of nitrogens with one attached hydrogen (secondary N) is 1. The highest BCUT2D eigenvalue weighted by Gasteiger charge is 2.35. The molecule has 0 unspecified atom stereocenters. The van der Waals surface area contributed by atoms with Crippen molar-refractivity contribution in [1.82, 2.24) is 4.98 Å². The van der Waals surface area contributed by atoms with Gasteiger partial charge in [0.25, 0.3) is 11.9 Å². The zero-order chi connectivity index (χ0) is 14.0. The lowest BCUT2D eigenvalue weighted by atomic mass is 9.90. The van der Waals surface area contributed by atoms with Crippen molar-refractivity contribution in [3.05, 3.63) is 23.5 Å². The second-order valence-corrected chi connectivity index (χ2v) is 4.37. The Morgan fingerprint density at radius 3 is 2.11 bits per heavy atom. The van der Waals surface area contributed by atoms with Gasteiger partial charge in [-0.2, -0.15) is 22.5 Å². The maximum absolute atomic E-state index is 13.5. The van der Waals surface area contributed by atoms with E-state index in [2.05, 4.69) is 10.3 Å². The molecule has 0 bridgehead atoms. The van der Waals surface area contributed by atoms with Gasteiger partial charge in [0.2, 0.25) is 11.6 Å². The fourth-order valence-electron chi connectivity index (χ4n) is 1.95. The maximum Gasteiger partial charge on any atom is 0.253 e. The largest absolute Gasteiger partial charge is 0.394 e. The van der Waals surface area contributed by atoms with E-state index in [-0.39, 0.29) is 26.1 Å². The van der Waals surface area contributed by atoms with Gasteiger partial charge in [0.05, 0.1) is 12.1 Å². The van der Waals surface area contributed by atoms with E-state index in [0.29, 0.717) is 0 Å². The fraction of sp³-hybridized carbons (Fsp3) is 0.545. The minimum absolute atomic E-state index is 0.258. The topological polar surface area (TPSA) is 54.4 Å². The summed E-state index contributed by atoms with van der Waals surface area (Å²) in [4.78, 5) is 2.46. The van der Waals surface area contributed by atoms with E-state index in [1.807, 2.05) is 0 Å². The molecule has 106 valence electrons. The number of ether oxygens (including phenoxy) is 1. The molecule has 0 amide bonds. The van der Waals surface area contributed by atoms with E-state index in [9.17, 15) is 22.7 Å². The molecule has 2 heterocycles. The second kappa shape index (κ2) is 5.30. The monoisotopic (exact) mass is 280 g/mol. The third-order valence-electron chi connectivity index (χ3n) is 3.14. The number of nitrogens with zero attached hydrogens (tertiary/aromatic N) is 1. The van der Waals surface area contributed by atoms with Crippen LogP contribution in [0.5, 0.6) is 0 Å². The van der Waals surface area contributed by atoms with Gasteiger partial charge in [-0.05, 0) is 12.8 Å². The first-order chi connectivity index (χ1) is 8.99. The highest BCUT2D eigenvalue weighted by atomic mass is 19.2. The van der Waals surface area contributed by atoms with Gasteiger partial charge in [-0.3, -0.25) is 0 Å². The number of hydrogen-bond acceptors (Lipinski definition) is 4. The van der Waals surface area contributed by atoms with Crippen molar-refractivity contribution in [3.8, 4) is 0 Å². The molecular formula is C11H12F4N2O2. The lowest BCUT2D eigenvalue weighted by Crippen LogP contribution is -2.47. The molecule has 1 fully saturated rings. The average Bonchev–Trinajstić information content (AvgIpc) is 2.42. The molecule has 0 spiro atoms. The van der Waals surface area contributed by atoms with Crippen molar-refractivity contribution in [3.63, 3.8) is 0 Å². The quantitative estimate of drug-likeness (QED) is 0.652. The van der Waals surface area contributed by atoms with Crippen molar-refractivity contribution in [1.29, 1.82) is 0 Å². The molecule has 19 heavy (non-hydrogen) atoms. The summed E-state index contributed by atoms with van der Waals surface area (Å²) in [6.45, 7) is 0.0977. The predicted molar refractivity (Wildman–Crippen MR) is 57.6 cm³/mol. The van der Waals surface area contributed by atoms with Crippen LogP contribution in [0.2, 0.25) is 0 Å². The van der Waals surface area contributed by atoms with Crippen molar-refractivity contribution < 1.29 is 27.4 Å². The Bertz CT molecular complexity index is 452. The summed E-state index contributed by atoms with van der Waals surface area (Å²) >= 11 is 0. The smallest absolute Gasteiger partial charge is 0.253 e. The van der Waals surface area contributed by atoms with E-state index in [1.165, 1.54) is 0 Å². The first kappa shape index (κ1) is 14.0. The van der Waals surface area contributed by atoms with Crippen molar-refractivity contribution in [2.24, 2.45) is 0 Å². The van der Waals surface area contributed by atoms with Gasteiger partial charge in [0.1, 0.15) is 5.69 Å². The molecule has 8 heteroatoms. The molecule has 0 radical (unpaired) electrons. The first-order valence-corrected chi connectivity index (χ1v) is 5.66. The van der Waals surface area contributed by atoms with E-state index in [1.54, 1.807) is 0 Å². The SMILES string of the molecule is OCC1(Nc2c(F)c(F)nc(F)c2F)CCOCC1. The molecule has 2 rings (SSSR count). The Morgan fingerprint density at radius 2 is 1.63 bits per heavy atom. The molecule has 1 aliphatic rings. The maximum atomic E-state index is 13.5. The number of aromatic nitrogens is 1. The van der Waals surface area contributed by atoms with E-state index in [0.717, 1.165) is 0 Å². The van der Waals surface area contributed by atoms with Crippen molar-refractivity contribution >= 4 is 5.69 Å². The van der Waals surface area contributed by atoms with Crippen LogP contribution in [0.1, 0.15) is 12.8 Å². The Kier molecular flexibility index (Phi) is 3.91. The molecule has 0 saturated carbocycles. The summed E-state index contributed by atoms with van der Waals surface area (Å²) in [6, 6.07) is 0. The Labute approximate surface area is 106 Å². The molecule has 4 nitrogen and oxygen atoms in total. The van der Waals surface area contributed by atoms with Crippen LogP contribution >= 0.6 is 0 Å². The summed E-state index contributed by atoms with van der Waals surface area (Å²) in [6.07, 6.45) is 0.516. The van der Waals surface area contributed by atoms with Crippen LogP contribution in [-0.2, 0) is 4.74 Å². The molecule has 1 saturated heterocycles. The first-order valence-electron chi connectivity index (χ1n) is 5.66. The molecule has 2 N–H and O–H groups in total. The van der Waals surface area contributed by atoms with Crippen LogP contribution < -0.4 is 5.32 Å². The number of aliphatic hydroxyl groups excluding tert-OH is 1. The number of aliphatic hydroxyl groups is 1. The van der Waals surface area contributed by atoms with E-state index < -0.39 is 41.4 Å². The molecule has 0 aromatic carbocycles. The minimum Gasteiger partial charge on any atom is -0.394 e. The Balaban J connectivity index is 2.36. The van der Waals surface area contributed by atoms with Gasteiger partial charge < -0.3 is 15.2 Å². The van der Waals surface area contributed by atoms with Gasteiger partial charge in [-0.1, -0.05) is 0 Å². The number of halogens is 4. The van der Waals surface area contributed by atoms with Gasteiger partial charge >= 0.3 is 0 Å². The van der Waals surface area contributed by atoms with Gasteiger partial charge in [0.15, 0.2) is 0 Å². The third kappa shape index (κ3) is 2.64. The van der Waals surface area contributed by atoms with Crippen LogP contribution in [0.3, 0.4) is 0 Å². The fourth-order valence-corrected chi connectivity index (χ4v) is 1.95. The highest BCUT2D eigenvalue weighted by Crippen LogP contribution is 2.30. The molecule has 1 aromatic rings. The normalized spacial score (nSPS) is 18.4. The predicted octanol–water partition coefficient (Wildman–Crippen LogP) is 1.59. The summed E-state index contributed by atoms with van der Waals surface area (Å²) < 4.78 is 58.0. The van der Waals surface area contributed by atoms with Gasteiger partial charge in [-0.15, -0.1) is 0 Å². The van der Waals surface area contributed by atoms with Gasteiger partial charge in [0, 0.05) is 13.2 Å². The molecular weight excluding hydrogens is 268 g/mol. The Morgan fingerprint density at radius 1 is 1.11 bits per heavy atom. The van der Waals surface area contributed by atoms with Crippen LogP contribution in [0.4, 0.5) is 23.2 Å². The zero-order valence-corrected chi connectivity index (χ0v) is 9.85. The number of hydrogen-bond donors (Lipinski definition) is 2. The summed E-state index contributed by atoms with van der Waals surface area (Å²) in [5, 5.41) is 11.7. The molecule has 1 aromatic heterocycles. The molecule has 1 aliphatic heterocycles. The van der Waals surface area contributed by atoms with Crippen molar-refractivity contribution in [2.75, 3.05) is 25.1 Å². The molecule has 0 atom stereocenters. The van der Waals surface area contributed by atoms with Crippen LogP contribution in [0.15, 0.2) is 0 Å². The third-order valence-corrected chi connectivity index (χ3v) is 3.14. The van der Waals surface area contributed by atoms with Crippen LogP contribution in [0.25, 0.3) is 0 Å². The lowest BCUT2D eigenvalue weighted by molar-refractivity contribution is 0.0376. The number of anilines is 1. The van der Waals surface area contributed by atoms with Gasteiger partial charge in [-0.25, -0.2) is 0 Å². The Hall–Kier alpha value is -1.41. The standard InChI is InChI=1S/C11H12F4N2O2/c12-6-8(7(13)10(15)16-9(6)14)17-11(5-18)1-3-19-4-2-11/h18H,1-5H2,(H,16,17). The highest BCUT2D eigenvalue weighted by molar-refractivity contribution is 5.48. The zero-order valence-electron chi connectivity index (χ0n) is 9.85. The molecule has 0 aliphatic carbocycles. The number of pyridine rings is 1. The summed E-state index contributed by atoms with van der Waals surface area (Å²) in [5.41, 5.74) is -2.03. The van der Waals surface area contributed by atoms with E-state index in [4.69, 9.17) is 4.74 Å². The summed E-state index contributed by atoms with van der Waals surface area (Å²) in [5.74, 6) is -6.69.